The van der Waals surface area contributed by atoms with Crippen molar-refractivity contribution in [1.82, 2.24) is 15.3 Å². The average molecular weight is 256 g/mol. The van der Waals surface area contributed by atoms with E-state index in [1.807, 2.05) is 6.07 Å². The first-order valence-corrected chi connectivity index (χ1v) is 6.04. The van der Waals surface area contributed by atoms with E-state index in [2.05, 4.69) is 36.1 Å². The maximum atomic E-state index is 8.71. The number of pyridine rings is 1. The monoisotopic (exact) mass is 256 g/mol. The molecule has 0 saturated heterocycles. The lowest BCUT2D eigenvalue weighted by Crippen LogP contribution is -2.35. The standard InChI is InChI=1S/C14H16N4O/c1-14(2,3)17-8-11-9-19-13(18-11)12-5-4-10(6-15)7-16-12/h4-5,7,9,17H,8H2,1-3H3. The van der Waals surface area contributed by atoms with E-state index < -0.39 is 0 Å². The molecule has 0 aliphatic heterocycles. The first-order chi connectivity index (χ1) is 8.98. The third-order valence-electron chi connectivity index (χ3n) is 2.46. The summed E-state index contributed by atoms with van der Waals surface area (Å²) in [4.78, 5) is 8.51. The van der Waals surface area contributed by atoms with Crippen LogP contribution in [-0.4, -0.2) is 15.5 Å². The van der Waals surface area contributed by atoms with Crippen LogP contribution < -0.4 is 5.32 Å². The molecule has 1 N–H and O–H groups in total. The molecular formula is C14H16N4O. The van der Waals surface area contributed by atoms with Crippen LogP contribution in [0.3, 0.4) is 0 Å². The third-order valence-corrected chi connectivity index (χ3v) is 2.46. The highest BCUT2D eigenvalue weighted by molar-refractivity contribution is 5.48. The molecule has 0 unspecified atom stereocenters. The van der Waals surface area contributed by atoms with Gasteiger partial charge >= 0.3 is 0 Å². The number of nitriles is 1. The minimum absolute atomic E-state index is 0.0335. The van der Waals surface area contributed by atoms with Crippen LogP contribution in [0.2, 0.25) is 0 Å². The fourth-order valence-corrected chi connectivity index (χ4v) is 1.45. The highest BCUT2D eigenvalue weighted by Gasteiger charge is 2.12. The van der Waals surface area contributed by atoms with E-state index in [1.165, 1.54) is 6.20 Å². The average Bonchev–Trinajstić information content (AvgIpc) is 2.84. The molecule has 0 bridgehead atoms. The molecule has 2 heterocycles. The number of nitrogens with zero attached hydrogens (tertiary/aromatic N) is 3. The molecule has 0 spiro atoms. The summed E-state index contributed by atoms with van der Waals surface area (Å²) in [5, 5.41) is 12.0. The van der Waals surface area contributed by atoms with E-state index in [9.17, 15) is 0 Å². The molecule has 0 amide bonds. The van der Waals surface area contributed by atoms with Crippen molar-refractivity contribution in [2.75, 3.05) is 0 Å². The normalized spacial score (nSPS) is 11.3. The molecule has 0 aromatic carbocycles. The molecule has 19 heavy (non-hydrogen) atoms. The van der Waals surface area contributed by atoms with Gasteiger partial charge in [-0.2, -0.15) is 5.26 Å². The van der Waals surface area contributed by atoms with Crippen molar-refractivity contribution in [3.05, 3.63) is 35.9 Å². The first-order valence-electron chi connectivity index (χ1n) is 6.04. The molecule has 0 atom stereocenters. The van der Waals surface area contributed by atoms with E-state index in [4.69, 9.17) is 9.68 Å². The molecule has 2 rings (SSSR count). The van der Waals surface area contributed by atoms with Gasteiger partial charge in [0.05, 0.1) is 11.3 Å². The number of oxazole rings is 1. The number of nitrogens with one attached hydrogen (secondary N) is 1. The topological polar surface area (TPSA) is 74.7 Å². The maximum absolute atomic E-state index is 8.71. The number of rotatable bonds is 3. The SMILES string of the molecule is CC(C)(C)NCc1coc(-c2ccc(C#N)cn2)n1. The highest BCUT2D eigenvalue weighted by atomic mass is 16.3. The Kier molecular flexibility index (Phi) is 3.63. The fourth-order valence-electron chi connectivity index (χ4n) is 1.45. The number of hydrogen-bond acceptors (Lipinski definition) is 5. The summed E-state index contributed by atoms with van der Waals surface area (Å²) in [5.74, 6) is 0.468. The summed E-state index contributed by atoms with van der Waals surface area (Å²) in [6.07, 6.45) is 3.13. The van der Waals surface area contributed by atoms with Crippen LogP contribution in [-0.2, 0) is 6.54 Å². The van der Waals surface area contributed by atoms with Gasteiger partial charge in [-0.25, -0.2) is 9.97 Å². The predicted octanol–water partition coefficient (Wildman–Crippen LogP) is 2.50. The molecule has 0 radical (unpaired) electrons. The van der Waals surface area contributed by atoms with Gasteiger partial charge in [-0.1, -0.05) is 0 Å². The van der Waals surface area contributed by atoms with Crippen molar-refractivity contribution < 1.29 is 4.42 Å². The molecule has 0 aliphatic carbocycles. The van der Waals surface area contributed by atoms with E-state index in [1.54, 1.807) is 18.4 Å². The summed E-state index contributed by atoms with van der Waals surface area (Å²) < 4.78 is 5.39. The Morgan fingerprint density at radius 3 is 2.74 bits per heavy atom. The summed E-state index contributed by atoms with van der Waals surface area (Å²) in [7, 11) is 0. The van der Waals surface area contributed by atoms with E-state index in [0.29, 0.717) is 23.7 Å². The van der Waals surface area contributed by atoms with Gasteiger partial charge in [-0.15, -0.1) is 0 Å². The van der Waals surface area contributed by atoms with Gasteiger partial charge in [0, 0.05) is 18.3 Å². The van der Waals surface area contributed by atoms with E-state index >= 15 is 0 Å². The van der Waals surface area contributed by atoms with Gasteiger partial charge in [0.15, 0.2) is 0 Å². The zero-order chi connectivity index (χ0) is 13.9. The Bertz CT molecular complexity index is 587. The second-order valence-electron chi connectivity index (χ2n) is 5.29. The number of hydrogen-bond donors (Lipinski definition) is 1. The highest BCUT2D eigenvalue weighted by Crippen LogP contribution is 2.16. The molecule has 0 fully saturated rings. The van der Waals surface area contributed by atoms with Crippen LogP contribution in [0.5, 0.6) is 0 Å². The quantitative estimate of drug-likeness (QED) is 0.913. The minimum Gasteiger partial charge on any atom is -0.443 e. The van der Waals surface area contributed by atoms with Crippen molar-refractivity contribution >= 4 is 0 Å². The van der Waals surface area contributed by atoms with Gasteiger partial charge in [0.1, 0.15) is 18.0 Å². The first kappa shape index (κ1) is 13.2. The van der Waals surface area contributed by atoms with Crippen molar-refractivity contribution in [2.45, 2.75) is 32.9 Å². The molecule has 2 aromatic rings. The Morgan fingerprint density at radius 1 is 1.37 bits per heavy atom. The summed E-state index contributed by atoms with van der Waals surface area (Å²) in [6.45, 7) is 6.92. The largest absolute Gasteiger partial charge is 0.443 e. The second kappa shape index (κ2) is 5.21. The van der Waals surface area contributed by atoms with Gasteiger partial charge in [-0.3, -0.25) is 0 Å². The summed E-state index contributed by atoms with van der Waals surface area (Å²) >= 11 is 0. The Morgan fingerprint density at radius 2 is 2.16 bits per heavy atom. The summed E-state index contributed by atoms with van der Waals surface area (Å²) in [6, 6.07) is 5.45. The van der Waals surface area contributed by atoms with E-state index in [0.717, 1.165) is 5.69 Å². The Labute approximate surface area is 112 Å². The lowest BCUT2D eigenvalue weighted by molar-refractivity contribution is 0.421. The zero-order valence-corrected chi connectivity index (χ0v) is 11.3. The molecular weight excluding hydrogens is 240 g/mol. The van der Waals surface area contributed by atoms with Crippen LogP contribution in [0.15, 0.2) is 29.0 Å². The Balaban J connectivity index is 2.10. The molecule has 98 valence electrons. The molecule has 5 heteroatoms. The van der Waals surface area contributed by atoms with Gasteiger partial charge < -0.3 is 9.73 Å². The van der Waals surface area contributed by atoms with Crippen LogP contribution >= 0.6 is 0 Å². The van der Waals surface area contributed by atoms with Crippen molar-refractivity contribution in [1.29, 1.82) is 5.26 Å². The minimum atomic E-state index is 0.0335. The fraction of sp³-hybridized carbons (Fsp3) is 0.357. The summed E-state index contributed by atoms with van der Waals surface area (Å²) in [5.41, 5.74) is 2.01. The lowest BCUT2D eigenvalue weighted by Gasteiger charge is -2.19. The second-order valence-corrected chi connectivity index (χ2v) is 5.29. The van der Waals surface area contributed by atoms with E-state index in [-0.39, 0.29) is 5.54 Å². The van der Waals surface area contributed by atoms with Crippen LogP contribution in [0, 0.1) is 11.3 Å². The number of aromatic nitrogens is 2. The lowest BCUT2D eigenvalue weighted by atomic mass is 10.1. The molecule has 0 aliphatic rings. The molecule has 2 aromatic heterocycles. The zero-order valence-electron chi connectivity index (χ0n) is 11.3. The Hall–Kier alpha value is -2.19. The van der Waals surface area contributed by atoms with Gasteiger partial charge in [-0.05, 0) is 32.9 Å². The maximum Gasteiger partial charge on any atom is 0.245 e. The van der Waals surface area contributed by atoms with Gasteiger partial charge in [0.25, 0.3) is 0 Å². The van der Waals surface area contributed by atoms with Crippen LogP contribution in [0.4, 0.5) is 0 Å². The molecule has 5 nitrogen and oxygen atoms in total. The van der Waals surface area contributed by atoms with Crippen LogP contribution in [0.1, 0.15) is 32.0 Å². The predicted molar refractivity (Wildman–Crippen MR) is 71.0 cm³/mol. The van der Waals surface area contributed by atoms with Crippen molar-refractivity contribution in [3.63, 3.8) is 0 Å². The third kappa shape index (κ3) is 3.63. The van der Waals surface area contributed by atoms with Crippen LogP contribution in [0.25, 0.3) is 11.6 Å². The smallest absolute Gasteiger partial charge is 0.245 e. The van der Waals surface area contributed by atoms with Gasteiger partial charge in [0.2, 0.25) is 5.89 Å². The van der Waals surface area contributed by atoms with Crippen molar-refractivity contribution in [3.8, 4) is 17.7 Å². The van der Waals surface area contributed by atoms with Crippen molar-refractivity contribution in [2.24, 2.45) is 0 Å². The molecule has 0 saturated carbocycles.